The Morgan fingerprint density at radius 2 is 2.00 bits per heavy atom. The van der Waals surface area contributed by atoms with Gasteiger partial charge in [-0.25, -0.2) is 8.78 Å². The lowest BCUT2D eigenvalue weighted by Gasteiger charge is -1.94. The van der Waals surface area contributed by atoms with E-state index in [2.05, 4.69) is 15.5 Å². The van der Waals surface area contributed by atoms with Gasteiger partial charge in [-0.3, -0.25) is 4.79 Å². The normalized spacial score (nSPS) is 18.0. The van der Waals surface area contributed by atoms with Gasteiger partial charge in [0.2, 0.25) is 5.91 Å². The zero-order valence-electron chi connectivity index (χ0n) is 8.48. The molecule has 0 unspecified atom stereocenters. The molecule has 1 heterocycles. The van der Waals surface area contributed by atoms with E-state index in [9.17, 15) is 13.6 Å². The van der Waals surface area contributed by atoms with Gasteiger partial charge in [-0.1, -0.05) is 11.8 Å². The number of nitrogens with one attached hydrogen (secondary N) is 1. The zero-order valence-corrected chi connectivity index (χ0v) is 9.30. The smallest absolute Gasteiger partial charge is 0.236 e. The first-order chi connectivity index (χ1) is 8.13. The fraction of sp³-hybridized carbons (Fsp3) is 0.100. The molecule has 1 saturated heterocycles. The molecular weight excluding hydrogens is 248 g/mol. The molecule has 0 atom stereocenters. The summed E-state index contributed by atoms with van der Waals surface area (Å²) in [7, 11) is 0. The largest absolute Gasteiger partial charge is 0.303 e. The van der Waals surface area contributed by atoms with E-state index < -0.39 is 11.6 Å². The number of hydrogen-bond acceptors (Lipinski definition) is 4. The molecule has 0 radical (unpaired) electrons. The number of rotatable bonds is 2. The third-order valence-electron chi connectivity index (χ3n) is 1.83. The Bertz CT molecular complexity index is 496. The SMILES string of the molecule is O=C1CSC(=NN=Cc2cc(F)cc(F)c2)N1. The van der Waals surface area contributed by atoms with Crippen molar-refractivity contribution in [1.82, 2.24) is 5.32 Å². The van der Waals surface area contributed by atoms with Crippen LogP contribution >= 0.6 is 11.8 Å². The first kappa shape index (κ1) is 11.7. The maximum absolute atomic E-state index is 12.8. The lowest BCUT2D eigenvalue weighted by atomic mass is 10.2. The Hall–Kier alpha value is -1.76. The van der Waals surface area contributed by atoms with E-state index in [0.717, 1.165) is 18.2 Å². The maximum Gasteiger partial charge on any atom is 0.236 e. The lowest BCUT2D eigenvalue weighted by Crippen LogP contribution is -2.19. The van der Waals surface area contributed by atoms with Crippen LogP contribution in [-0.4, -0.2) is 23.0 Å². The van der Waals surface area contributed by atoms with E-state index in [1.165, 1.54) is 18.0 Å². The van der Waals surface area contributed by atoms with Crippen LogP contribution in [0.3, 0.4) is 0 Å². The molecule has 0 bridgehead atoms. The second-order valence-electron chi connectivity index (χ2n) is 3.19. The molecular formula is C10H7F2N3OS. The van der Waals surface area contributed by atoms with Gasteiger partial charge in [-0.2, -0.15) is 5.10 Å². The molecule has 1 amide bonds. The van der Waals surface area contributed by atoms with Crippen molar-refractivity contribution in [3.63, 3.8) is 0 Å². The molecule has 0 aromatic heterocycles. The van der Waals surface area contributed by atoms with Gasteiger partial charge in [0.1, 0.15) is 11.6 Å². The summed E-state index contributed by atoms with van der Waals surface area (Å²) in [4.78, 5) is 10.8. The Morgan fingerprint density at radius 1 is 1.29 bits per heavy atom. The molecule has 1 N–H and O–H groups in total. The van der Waals surface area contributed by atoms with Gasteiger partial charge in [0.15, 0.2) is 5.17 Å². The van der Waals surface area contributed by atoms with Gasteiger partial charge in [0, 0.05) is 11.6 Å². The number of nitrogens with zero attached hydrogens (tertiary/aromatic N) is 2. The average molecular weight is 255 g/mol. The van der Waals surface area contributed by atoms with Crippen molar-refractivity contribution in [3.8, 4) is 0 Å². The zero-order chi connectivity index (χ0) is 12.3. The van der Waals surface area contributed by atoms with E-state index in [-0.39, 0.29) is 11.5 Å². The second kappa shape index (κ2) is 5.05. The predicted octanol–water partition coefficient (Wildman–Crippen LogP) is 1.52. The van der Waals surface area contributed by atoms with Crippen molar-refractivity contribution in [2.75, 3.05) is 5.75 Å². The van der Waals surface area contributed by atoms with Gasteiger partial charge in [-0.15, -0.1) is 5.10 Å². The molecule has 1 aliphatic rings. The highest BCUT2D eigenvalue weighted by Gasteiger charge is 2.15. The highest BCUT2D eigenvalue weighted by molar-refractivity contribution is 8.15. The highest BCUT2D eigenvalue weighted by Crippen LogP contribution is 2.09. The summed E-state index contributed by atoms with van der Waals surface area (Å²) >= 11 is 1.22. The molecule has 0 saturated carbocycles. The summed E-state index contributed by atoms with van der Waals surface area (Å²) in [6.07, 6.45) is 1.21. The van der Waals surface area contributed by atoms with E-state index in [1.807, 2.05) is 0 Å². The molecule has 88 valence electrons. The molecule has 4 nitrogen and oxygen atoms in total. The van der Waals surface area contributed by atoms with Crippen LogP contribution in [0.15, 0.2) is 28.4 Å². The van der Waals surface area contributed by atoms with Crippen molar-refractivity contribution in [1.29, 1.82) is 0 Å². The number of amides is 1. The Kier molecular flexibility index (Phi) is 3.48. The summed E-state index contributed by atoms with van der Waals surface area (Å²) < 4.78 is 25.6. The summed E-state index contributed by atoms with van der Waals surface area (Å²) in [6, 6.07) is 3.04. The van der Waals surface area contributed by atoms with E-state index in [1.54, 1.807) is 0 Å². The molecule has 0 aliphatic carbocycles. The molecule has 2 rings (SSSR count). The van der Waals surface area contributed by atoms with E-state index >= 15 is 0 Å². The van der Waals surface area contributed by atoms with Crippen LogP contribution in [0.2, 0.25) is 0 Å². The van der Waals surface area contributed by atoms with Crippen LogP contribution in [0.4, 0.5) is 8.78 Å². The van der Waals surface area contributed by atoms with Crippen molar-refractivity contribution in [2.24, 2.45) is 10.2 Å². The molecule has 1 aliphatic heterocycles. The summed E-state index contributed by atoms with van der Waals surface area (Å²) in [6.45, 7) is 0. The monoisotopic (exact) mass is 255 g/mol. The van der Waals surface area contributed by atoms with Crippen molar-refractivity contribution in [2.45, 2.75) is 0 Å². The van der Waals surface area contributed by atoms with Crippen LogP contribution in [0, 0.1) is 11.6 Å². The van der Waals surface area contributed by atoms with Crippen LogP contribution in [-0.2, 0) is 4.79 Å². The highest BCUT2D eigenvalue weighted by atomic mass is 32.2. The topological polar surface area (TPSA) is 53.8 Å². The van der Waals surface area contributed by atoms with Crippen LogP contribution in [0.1, 0.15) is 5.56 Å². The number of thioether (sulfide) groups is 1. The van der Waals surface area contributed by atoms with Crippen molar-refractivity contribution in [3.05, 3.63) is 35.4 Å². The second-order valence-corrected chi connectivity index (χ2v) is 4.15. The van der Waals surface area contributed by atoms with Gasteiger partial charge < -0.3 is 5.32 Å². The number of halogens is 2. The van der Waals surface area contributed by atoms with Crippen LogP contribution < -0.4 is 5.32 Å². The molecule has 1 aromatic carbocycles. The Balaban J connectivity index is 2.07. The summed E-state index contributed by atoms with van der Waals surface area (Å²) in [5.74, 6) is -1.19. The maximum atomic E-state index is 12.8. The third-order valence-corrected chi connectivity index (χ3v) is 2.69. The van der Waals surface area contributed by atoms with Gasteiger partial charge >= 0.3 is 0 Å². The number of carbonyl (C=O) groups is 1. The minimum absolute atomic E-state index is 0.138. The molecule has 1 aromatic rings. The summed E-state index contributed by atoms with van der Waals surface area (Å²) in [5.41, 5.74) is 0.265. The number of benzene rings is 1. The quantitative estimate of drug-likeness (QED) is 0.643. The third kappa shape index (κ3) is 3.35. The number of carbonyl (C=O) groups excluding carboxylic acids is 1. The van der Waals surface area contributed by atoms with Crippen LogP contribution in [0.25, 0.3) is 0 Å². The van der Waals surface area contributed by atoms with Crippen molar-refractivity contribution >= 4 is 29.1 Å². The molecule has 17 heavy (non-hydrogen) atoms. The molecule has 0 spiro atoms. The fourth-order valence-electron chi connectivity index (χ4n) is 1.18. The minimum Gasteiger partial charge on any atom is -0.303 e. The first-order valence-electron chi connectivity index (χ1n) is 4.63. The van der Waals surface area contributed by atoms with Crippen LogP contribution in [0.5, 0.6) is 0 Å². The van der Waals surface area contributed by atoms with Gasteiger partial charge in [0.05, 0.1) is 12.0 Å². The standard InChI is InChI=1S/C10H7F2N3OS/c11-7-1-6(2-8(12)3-7)4-13-15-10-14-9(16)5-17-10/h1-4H,5H2,(H,14,15,16). The molecule has 1 fully saturated rings. The molecule has 7 heteroatoms. The first-order valence-corrected chi connectivity index (χ1v) is 5.62. The fourth-order valence-corrected chi connectivity index (χ4v) is 1.81. The average Bonchev–Trinajstić information content (AvgIpc) is 2.63. The van der Waals surface area contributed by atoms with E-state index in [0.29, 0.717) is 10.9 Å². The Morgan fingerprint density at radius 3 is 2.59 bits per heavy atom. The predicted molar refractivity (Wildman–Crippen MR) is 62.0 cm³/mol. The number of amidine groups is 1. The number of hydrogen-bond donors (Lipinski definition) is 1. The van der Waals surface area contributed by atoms with Crippen molar-refractivity contribution < 1.29 is 13.6 Å². The van der Waals surface area contributed by atoms with E-state index in [4.69, 9.17) is 0 Å². The minimum atomic E-state index is -0.678. The Labute approximate surface area is 99.8 Å². The van der Waals surface area contributed by atoms with Gasteiger partial charge in [-0.05, 0) is 12.1 Å². The van der Waals surface area contributed by atoms with Gasteiger partial charge in [0.25, 0.3) is 0 Å². The summed E-state index contributed by atoms with van der Waals surface area (Å²) in [5, 5.41) is 10.2. The lowest BCUT2D eigenvalue weighted by molar-refractivity contribution is -0.116.